The number of halogens is 3. The zero-order valence-corrected chi connectivity index (χ0v) is 11.1. The number of nitrogens with zero attached hydrogens (tertiary/aromatic N) is 1. The van der Waals surface area contributed by atoms with E-state index in [1.165, 1.54) is 12.1 Å². The van der Waals surface area contributed by atoms with E-state index in [2.05, 4.69) is 4.98 Å². The molecule has 0 spiro atoms. The molecule has 0 bridgehead atoms. The molecule has 18 heavy (non-hydrogen) atoms. The van der Waals surface area contributed by atoms with E-state index < -0.39 is 5.97 Å². The molecule has 0 atom stereocenters. The Morgan fingerprint density at radius 1 is 1.06 bits per heavy atom. The normalized spacial score (nSPS) is 10.4. The lowest BCUT2D eigenvalue weighted by molar-refractivity contribution is 0.0690. The maximum Gasteiger partial charge on any atom is 0.354 e. The third kappa shape index (κ3) is 2.58. The van der Waals surface area contributed by atoms with E-state index in [1.54, 1.807) is 18.2 Å². The van der Waals surface area contributed by atoms with Gasteiger partial charge in [0.2, 0.25) is 0 Å². The van der Waals surface area contributed by atoms with Crippen LogP contribution in [-0.2, 0) is 0 Å². The van der Waals surface area contributed by atoms with Gasteiger partial charge in [-0.1, -0.05) is 40.9 Å². The quantitative estimate of drug-likeness (QED) is 0.836. The van der Waals surface area contributed by atoms with Crippen LogP contribution in [0.5, 0.6) is 0 Å². The van der Waals surface area contributed by atoms with Gasteiger partial charge in [-0.25, -0.2) is 9.78 Å². The van der Waals surface area contributed by atoms with E-state index in [9.17, 15) is 4.79 Å². The summed E-state index contributed by atoms with van der Waals surface area (Å²) in [4.78, 5) is 14.8. The van der Waals surface area contributed by atoms with Crippen molar-refractivity contribution in [1.29, 1.82) is 0 Å². The molecule has 2 aromatic rings. The molecule has 92 valence electrons. The van der Waals surface area contributed by atoms with Crippen molar-refractivity contribution in [3.63, 3.8) is 0 Å². The molecule has 2 rings (SSSR count). The van der Waals surface area contributed by atoms with E-state index in [1.807, 2.05) is 0 Å². The minimum atomic E-state index is -1.10. The van der Waals surface area contributed by atoms with Crippen LogP contribution in [0.3, 0.4) is 0 Å². The van der Waals surface area contributed by atoms with E-state index in [0.29, 0.717) is 26.3 Å². The first kappa shape index (κ1) is 13.1. The van der Waals surface area contributed by atoms with Crippen molar-refractivity contribution >= 4 is 40.8 Å². The standard InChI is InChI=1S/C12H6Cl3NO2/c13-7-5-9(15)8(14)4-6(7)10-2-1-3-11(16-10)12(17)18/h1-5H,(H,17,18). The smallest absolute Gasteiger partial charge is 0.354 e. The number of benzene rings is 1. The summed E-state index contributed by atoms with van der Waals surface area (Å²) in [5.41, 5.74) is 0.905. The lowest BCUT2D eigenvalue weighted by Crippen LogP contribution is -2.00. The van der Waals surface area contributed by atoms with Crippen LogP contribution in [0.4, 0.5) is 0 Å². The van der Waals surface area contributed by atoms with Gasteiger partial charge >= 0.3 is 5.97 Å². The second kappa shape index (κ2) is 5.14. The van der Waals surface area contributed by atoms with E-state index in [0.717, 1.165) is 0 Å². The van der Waals surface area contributed by atoms with Gasteiger partial charge in [0.05, 0.1) is 20.8 Å². The molecular formula is C12H6Cl3NO2. The van der Waals surface area contributed by atoms with E-state index in [4.69, 9.17) is 39.9 Å². The summed E-state index contributed by atoms with van der Waals surface area (Å²) < 4.78 is 0. The predicted molar refractivity (Wildman–Crippen MR) is 71.7 cm³/mol. The Morgan fingerprint density at radius 2 is 1.72 bits per heavy atom. The Bertz CT molecular complexity index is 629. The van der Waals surface area contributed by atoms with Crippen LogP contribution in [0, 0.1) is 0 Å². The van der Waals surface area contributed by atoms with Crippen molar-refractivity contribution in [2.24, 2.45) is 0 Å². The van der Waals surface area contributed by atoms with Crippen molar-refractivity contribution in [1.82, 2.24) is 4.98 Å². The van der Waals surface area contributed by atoms with Crippen molar-refractivity contribution in [2.75, 3.05) is 0 Å². The molecule has 0 radical (unpaired) electrons. The van der Waals surface area contributed by atoms with Gasteiger partial charge in [-0.3, -0.25) is 0 Å². The second-order valence-corrected chi connectivity index (χ2v) is 4.68. The molecule has 0 aliphatic rings. The van der Waals surface area contributed by atoms with Crippen LogP contribution < -0.4 is 0 Å². The van der Waals surface area contributed by atoms with Gasteiger partial charge in [-0.2, -0.15) is 0 Å². The van der Waals surface area contributed by atoms with E-state index >= 15 is 0 Å². The highest BCUT2D eigenvalue weighted by atomic mass is 35.5. The minimum Gasteiger partial charge on any atom is -0.477 e. The fourth-order valence-electron chi connectivity index (χ4n) is 1.42. The minimum absolute atomic E-state index is 0.0605. The lowest BCUT2D eigenvalue weighted by atomic mass is 10.1. The number of hydrogen-bond donors (Lipinski definition) is 1. The molecule has 0 aliphatic heterocycles. The Labute approximate surface area is 118 Å². The Balaban J connectivity index is 2.58. The topological polar surface area (TPSA) is 50.2 Å². The third-order valence-corrected chi connectivity index (χ3v) is 3.29. The fourth-order valence-corrected chi connectivity index (χ4v) is 2.07. The number of rotatable bonds is 2. The molecular weight excluding hydrogens is 296 g/mol. The average Bonchev–Trinajstić information content (AvgIpc) is 2.34. The SMILES string of the molecule is O=C(O)c1cccc(-c2cc(Cl)c(Cl)cc2Cl)n1. The first-order chi connectivity index (χ1) is 8.49. The number of carbonyl (C=O) groups is 1. The third-order valence-electron chi connectivity index (χ3n) is 2.25. The zero-order chi connectivity index (χ0) is 13.3. The molecule has 1 aromatic heterocycles. The highest BCUT2D eigenvalue weighted by molar-refractivity contribution is 6.44. The molecule has 0 saturated carbocycles. The van der Waals surface area contributed by atoms with Crippen molar-refractivity contribution in [3.05, 3.63) is 51.1 Å². The summed E-state index contributed by atoms with van der Waals surface area (Å²) in [6, 6.07) is 7.69. The van der Waals surface area contributed by atoms with Crippen LogP contribution in [0.15, 0.2) is 30.3 Å². The number of carboxylic acid groups (broad SMARTS) is 1. The first-order valence-electron chi connectivity index (χ1n) is 4.84. The van der Waals surface area contributed by atoms with Gasteiger partial charge in [0.15, 0.2) is 0 Å². The second-order valence-electron chi connectivity index (χ2n) is 3.46. The maximum absolute atomic E-state index is 10.8. The molecule has 0 unspecified atom stereocenters. The molecule has 0 aliphatic carbocycles. The van der Waals surface area contributed by atoms with Crippen LogP contribution in [-0.4, -0.2) is 16.1 Å². The van der Waals surface area contributed by atoms with Crippen molar-refractivity contribution in [3.8, 4) is 11.3 Å². The number of aromatic nitrogens is 1. The van der Waals surface area contributed by atoms with Gasteiger partial charge in [-0.05, 0) is 24.3 Å². The highest BCUT2D eigenvalue weighted by Crippen LogP contribution is 2.34. The van der Waals surface area contributed by atoms with E-state index in [-0.39, 0.29) is 5.69 Å². The predicted octanol–water partition coefficient (Wildman–Crippen LogP) is 4.41. The van der Waals surface area contributed by atoms with Crippen LogP contribution in [0.1, 0.15) is 10.5 Å². The van der Waals surface area contributed by atoms with Crippen LogP contribution >= 0.6 is 34.8 Å². The summed E-state index contributed by atoms with van der Waals surface area (Å²) in [5, 5.41) is 9.91. The molecule has 6 heteroatoms. The molecule has 0 fully saturated rings. The molecule has 0 amide bonds. The summed E-state index contributed by atoms with van der Waals surface area (Å²) >= 11 is 17.8. The molecule has 1 N–H and O–H groups in total. The van der Waals surface area contributed by atoms with Crippen molar-refractivity contribution < 1.29 is 9.90 Å². The summed E-state index contributed by atoms with van der Waals surface area (Å²) in [6.07, 6.45) is 0. The fraction of sp³-hybridized carbons (Fsp3) is 0. The molecule has 0 saturated heterocycles. The Hall–Kier alpha value is -1.29. The first-order valence-corrected chi connectivity index (χ1v) is 5.97. The number of pyridine rings is 1. The van der Waals surface area contributed by atoms with Gasteiger partial charge < -0.3 is 5.11 Å². The number of carboxylic acids is 1. The Morgan fingerprint density at radius 3 is 2.39 bits per heavy atom. The molecule has 1 aromatic carbocycles. The summed E-state index contributed by atoms with van der Waals surface area (Å²) in [6.45, 7) is 0. The van der Waals surface area contributed by atoms with Crippen LogP contribution in [0.25, 0.3) is 11.3 Å². The Kier molecular flexibility index (Phi) is 3.76. The van der Waals surface area contributed by atoms with Gasteiger partial charge in [0.1, 0.15) is 5.69 Å². The van der Waals surface area contributed by atoms with Gasteiger partial charge in [-0.15, -0.1) is 0 Å². The van der Waals surface area contributed by atoms with Crippen molar-refractivity contribution in [2.45, 2.75) is 0 Å². The summed E-state index contributed by atoms with van der Waals surface area (Å²) in [7, 11) is 0. The van der Waals surface area contributed by atoms with Gasteiger partial charge in [0.25, 0.3) is 0 Å². The van der Waals surface area contributed by atoms with Crippen LogP contribution in [0.2, 0.25) is 15.1 Å². The highest BCUT2D eigenvalue weighted by Gasteiger charge is 2.11. The molecule has 1 heterocycles. The largest absolute Gasteiger partial charge is 0.477 e. The number of hydrogen-bond acceptors (Lipinski definition) is 2. The average molecular weight is 303 g/mol. The van der Waals surface area contributed by atoms with Gasteiger partial charge in [0, 0.05) is 5.56 Å². The zero-order valence-electron chi connectivity index (χ0n) is 8.82. The monoisotopic (exact) mass is 301 g/mol. The number of aromatic carboxylic acids is 1. The molecule has 3 nitrogen and oxygen atoms in total. The summed E-state index contributed by atoms with van der Waals surface area (Å²) in [5.74, 6) is -1.10. The lowest BCUT2D eigenvalue weighted by Gasteiger charge is -2.06. The maximum atomic E-state index is 10.8.